The quantitative estimate of drug-likeness (QED) is 0.643. The highest BCUT2D eigenvalue weighted by Gasteiger charge is 2.31. The van der Waals surface area contributed by atoms with Crippen molar-refractivity contribution in [3.63, 3.8) is 0 Å². The molecule has 0 bridgehead atoms. The summed E-state index contributed by atoms with van der Waals surface area (Å²) in [6.07, 6.45) is 3.09. The molecule has 5 nitrogen and oxygen atoms in total. The molecule has 1 fully saturated rings. The van der Waals surface area contributed by atoms with E-state index in [1.54, 1.807) is 19.2 Å². The third kappa shape index (κ3) is 4.59. The van der Waals surface area contributed by atoms with Crippen LogP contribution >= 0.6 is 0 Å². The molecule has 0 aliphatic heterocycles. The van der Waals surface area contributed by atoms with E-state index in [1.165, 1.54) is 12.8 Å². The lowest BCUT2D eigenvalue weighted by molar-refractivity contribution is 0.141. The lowest BCUT2D eigenvalue weighted by Crippen LogP contribution is -2.48. The van der Waals surface area contributed by atoms with Gasteiger partial charge in [-0.25, -0.2) is 0 Å². The van der Waals surface area contributed by atoms with Crippen LogP contribution in [0.25, 0.3) is 0 Å². The highest BCUT2D eigenvalue weighted by atomic mass is 16.5. The van der Waals surface area contributed by atoms with Gasteiger partial charge in [-0.2, -0.15) is 0 Å². The van der Waals surface area contributed by atoms with Gasteiger partial charge in [0.1, 0.15) is 0 Å². The number of hydrogen-bond acceptors (Lipinski definition) is 5. The van der Waals surface area contributed by atoms with Crippen molar-refractivity contribution < 1.29 is 19.7 Å². The second kappa shape index (κ2) is 7.11. The van der Waals surface area contributed by atoms with Crippen molar-refractivity contribution in [2.24, 2.45) is 0 Å². The molecule has 0 radical (unpaired) electrons. The van der Waals surface area contributed by atoms with E-state index in [-0.39, 0.29) is 18.8 Å². The van der Waals surface area contributed by atoms with Gasteiger partial charge in [-0.3, -0.25) is 0 Å². The number of benzene rings is 1. The van der Waals surface area contributed by atoms with Crippen molar-refractivity contribution >= 4 is 0 Å². The first kappa shape index (κ1) is 16.1. The fraction of sp³-hybridized carbons (Fsp3) is 0.625. The number of rotatable bonds is 9. The number of aliphatic hydroxyl groups is 2. The minimum atomic E-state index is -0.306. The van der Waals surface area contributed by atoms with Gasteiger partial charge in [-0.15, -0.1) is 0 Å². The average Bonchev–Trinajstić information content (AvgIpc) is 3.31. The maximum Gasteiger partial charge on any atom is 0.161 e. The monoisotopic (exact) mass is 295 g/mol. The first-order valence-corrected chi connectivity index (χ1v) is 7.39. The summed E-state index contributed by atoms with van der Waals surface area (Å²) >= 11 is 0. The van der Waals surface area contributed by atoms with Gasteiger partial charge in [0.2, 0.25) is 0 Å². The fourth-order valence-electron chi connectivity index (χ4n) is 2.23. The molecule has 0 spiro atoms. The second-order valence-electron chi connectivity index (χ2n) is 5.88. The maximum absolute atomic E-state index is 9.56. The van der Waals surface area contributed by atoms with E-state index in [4.69, 9.17) is 14.6 Å². The Balaban J connectivity index is 1.89. The zero-order chi connectivity index (χ0) is 15.3. The Kier molecular flexibility index (Phi) is 5.45. The summed E-state index contributed by atoms with van der Waals surface area (Å²) in [6, 6.07) is 5.92. The average molecular weight is 295 g/mol. The predicted molar refractivity (Wildman–Crippen MR) is 80.7 cm³/mol. The minimum Gasteiger partial charge on any atom is -0.493 e. The van der Waals surface area contributed by atoms with Crippen LogP contribution in [0.5, 0.6) is 11.5 Å². The van der Waals surface area contributed by atoms with Crippen molar-refractivity contribution in [2.75, 3.05) is 20.3 Å². The molecule has 1 unspecified atom stereocenters. The molecule has 3 N–H and O–H groups in total. The van der Waals surface area contributed by atoms with Crippen LogP contribution in [-0.4, -0.2) is 42.1 Å². The molecule has 1 saturated carbocycles. The van der Waals surface area contributed by atoms with Crippen LogP contribution in [0.3, 0.4) is 0 Å². The molecule has 1 atom stereocenters. The third-order valence-corrected chi connectivity index (χ3v) is 3.80. The highest BCUT2D eigenvalue weighted by molar-refractivity contribution is 5.42. The maximum atomic E-state index is 9.56. The number of ether oxygens (including phenoxy) is 2. The molecule has 1 aliphatic carbocycles. The lowest BCUT2D eigenvalue weighted by atomic mass is 9.99. The molecular weight excluding hydrogens is 270 g/mol. The first-order chi connectivity index (χ1) is 10.1. The molecule has 1 aromatic rings. The molecule has 2 rings (SSSR count). The summed E-state index contributed by atoms with van der Waals surface area (Å²) in [5.41, 5.74) is 0.481. The molecule has 5 heteroatoms. The molecule has 0 aromatic heterocycles. The zero-order valence-electron chi connectivity index (χ0n) is 12.8. The second-order valence-corrected chi connectivity index (χ2v) is 5.88. The predicted octanol–water partition coefficient (Wildman–Crippen LogP) is 1.46. The summed E-state index contributed by atoms with van der Waals surface area (Å²) in [5.74, 6) is 1.27. The van der Waals surface area contributed by atoms with Crippen molar-refractivity contribution in [3.8, 4) is 11.5 Å². The normalized spacial score (nSPS) is 17.3. The Labute approximate surface area is 125 Å². The van der Waals surface area contributed by atoms with Gasteiger partial charge < -0.3 is 25.0 Å². The van der Waals surface area contributed by atoms with Gasteiger partial charge in [0.25, 0.3) is 0 Å². The lowest BCUT2D eigenvalue weighted by Gasteiger charge is -2.29. The molecule has 1 aromatic carbocycles. The largest absolute Gasteiger partial charge is 0.493 e. The zero-order valence-corrected chi connectivity index (χ0v) is 12.8. The van der Waals surface area contributed by atoms with Crippen molar-refractivity contribution in [1.29, 1.82) is 0 Å². The van der Waals surface area contributed by atoms with Crippen molar-refractivity contribution in [2.45, 2.75) is 44.4 Å². The first-order valence-electron chi connectivity index (χ1n) is 7.39. The smallest absolute Gasteiger partial charge is 0.161 e. The topological polar surface area (TPSA) is 71.0 Å². The van der Waals surface area contributed by atoms with Crippen LogP contribution in [-0.2, 0) is 6.61 Å². The highest BCUT2D eigenvalue weighted by Crippen LogP contribution is 2.29. The van der Waals surface area contributed by atoms with Crippen LogP contribution in [0.15, 0.2) is 18.2 Å². The Morgan fingerprint density at radius 2 is 2.05 bits per heavy atom. The van der Waals surface area contributed by atoms with Crippen LogP contribution in [0.4, 0.5) is 0 Å². The number of nitrogens with one attached hydrogen (secondary N) is 1. The Morgan fingerprint density at radius 1 is 1.29 bits per heavy atom. The van der Waals surface area contributed by atoms with E-state index in [0.29, 0.717) is 30.6 Å². The summed E-state index contributed by atoms with van der Waals surface area (Å²) < 4.78 is 11.0. The van der Waals surface area contributed by atoms with E-state index >= 15 is 0 Å². The molecule has 1 aliphatic rings. The number of hydrogen-bond donors (Lipinski definition) is 3. The Hall–Kier alpha value is -1.30. The van der Waals surface area contributed by atoms with Crippen LogP contribution in [0, 0.1) is 0 Å². The minimum absolute atomic E-state index is 0.0233. The van der Waals surface area contributed by atoms with Crippen LogP contribution < -0.4 is 14.8 Å². The molecule has 0 heterocycles. The van der Waals surface area contributed by atoms with E-state index in [9.17, 15) is 5.11 Å². The Bertz CT molecular complexity index is 462. The molecule has 0 saturated heterocycles. The number of methoxy groups -OCH3 is 1. The standard InChI is InChI=1S/C16H25NO4/c1-16(11-19,17-13-4-5-13)7-8-21-14-6-3-12(10-18)9-15(14)20-2/h3,6,9,13,17-19H,4-5,7-8,10-11H2,1-2H3. The van der Waals surface area contributed by atoms with Crippen molar-refractivity contribution in [3.05, 3.63) is 23.8 Å². The van der Waals surface area contributed by atoms with E-state index < -0.39 is 0 Å². The van der Waals surface area contributed by atoms with Crippen molar-refractivity contribution in [1.82, 2.24) is 5.32 Å². The van der Waals surface area contributed by atoms with E-state index in [2.05, 4.69) is 5.32 Å². The summed E-state index contributed by atoms with van der Waals surface area (Å²) in [7, 11) is 1.58. The fourth-order valence-corrected chi connectivity index (χ4v) is 2.23. The SMILES string of the molecule is COc1cc(CO)ccc1OCCC(C)(CO)NC1CC1. The molecule has 21 heavy (non-hydrogen) atoms. The van der Waals surface area contributed by atoms with Gasteiger partial charge in [0.05, 0.1) is 26.9 Å². The third-order valence-electron chi connectivity index (χ3n) is 3.80. The molecule has 118 valence electrons. The van der Waals surface area contributed by atoms with E-state index in [0.717, 1.165) is 5.56 Å². The summed E-state index contributed by atoms with van der Waals surface area (Å²) in [5, 5.41) is 22.1. The van der Waals surface area contributed by atoms with Gasteiger partial charge >= 0.3 is 0 Å². The van der Waals surface area contributed by atoms with Gasteiger partial charge in [-0.1, -0.05) is 6.07 Å². The Morgan fingerprint density at radius 3 is 2.62 bits per heavy atom. The van der Waals surface area contributed by atoms with Gasteiger partial charge in [0, 0.05) is 18.0 Å². The number of aliphatic hydroxyl groups excluding tert-OH is 2. The van der Waals surface area contributed by atoms with Crippen LogP contribution in [0.1, 0.15) is 31.7 Å². The van der Waals surface area contributed by atoms with Gasteiger partial charge in [-0.05, 0) is 37.5 Å². The van der Waals surface area contributed by atoms with Crippen LogP contribution in [0.2, 0.25) is 0 Å². The van der Waals surface area contributed by atoms with Gasteiger partial charge in [0.15, 0.2) is 11.5 Å². The molecule has 0 amide bonds. The summed E-state index contributed by atoms with van der Waals surface area (Å²) in [4.78, 5) is 0. The summed E-state index contributed by atoms with van der Waals surface area (Å²) in [6.45, 7) is 2.57. The molecular formula is C16H25NO4. The van der Waals surface area contributed by atoms with E-state index in [1.807, 2.05) is 13.0 Å².